The van der Waals surface area contributed by atoms with E-state index in [2.05, 4.69) is 11.2 Å². The summed E-state index contributed by atoms with van der Waals surface area (Å²) in [5.41, 5.74) is 2.36. The van der Waals surface area contributed by atoms with Crippen LogP contribution in [0.3, 0.4) is 0 Å². The lowest BCUT2D eigenvalue weighted by Crippen LogP contribution is -2.69. The van der Waals surface area contributed by atoms with Crippen molar-refractivity contribution in [1.82, 2.24) is 9.78 Å². The molecule has 3 saturated carbocycles. The highest BCUT2D eigenvalue weighted by Crippen LogP contribution is 2.74. The summed E-state index contributed by atoms with van der Waals surface area (Å²) in [6, 6.07) is 15.3. The highest BCUT2D eigenvalue weighted by Gasteiger charge is 2.71. The number of hydrogen-bond donors (Lipinski definition) is 0. The van der Waals surface area contributed by atoms with Gasteiger partial charge in [0.25, 0.3) is 0 Å². The van der Waals surface area contributed by atoms with E-state index in [4.69, 9.17) is 16.9 Å². The second-order valence-electron chi connectivity index (χ2n) is 8.31. The maximum Gasteiger partial charge on any atom is 0.233 e. The van der Waals surface area contributed by atoms with Crippen molar-refractivity contribution < 1.29 is 4.79 Å². The van der Waals surface area contributed by atoms with E-state index in [0.29, 0.717) is 10.6 Å². The summed E-state index contributed by atoms with van der Waals surface area (Å²) in [5.74, 6) is 0.159. The van der Waals surface area contributed by atoms with Crippen LogP contribution >= 0.6 is 11.6 Å². The molecule has 0 aliphatic heterocycles. The monoisotopic (exact) mass is 390 g/mol. The Bertz CT molecular complexity index is 1140. The molecular formula is C22H19ClN4O. The molecule has 0 atom stereocenters. The normalized spacial score (nSPS) is 24.9. The Morgan fingerprint density at radius 1 is 1.29 bits per heavy atom. The molecule has 0 spiro atoms. The third kappa shape index (κ3) is 2.38. The molecule has 6 heteroatoms. The highest BCUT2D eigenvalue weighted by atomic mass is 35.5. The average molecular weight is 391 g/mol. The Morgan fingerprint density at radius 3 is 2.75 bits per heavy atom. The topological polar surface area (TPSA) is 61.9 Å². The van der Waals surface area contributed by atoms with Gasteiger partial charge in [-0.3, -0.25) is 9.48 Å². The van der Waals surface area contributed by atoms with Crippen LogP contribution in [-0.2, 0) is 11.3 Å². The van der Waals surface area contributed by atoms with Gasteiger partial charge >= 0.3 is 0 Å². The molecule has 3 aliphatic carbocycles. The van der Waals surface area contributed by atoms with Crippen LogP contribution in [-0.4, -0.2) is 22.7 Å². The third-order valence-electron chi connectivity index (χ3n) is 6.37. The lowest BCUT2D eigenvalue weighted by atomic mass is 9.34. The van der Waals surface area contributed by atoms with Crippen LogP contribution in [0.5, 0.6) is 0 Å². The SMILES string of the molecule is CN(C(=O)C12CC(Cn3ncc4cc(C#N)ccc43)(C1)C2)c1ccccc1Cl. The molecule has 0 unspecified atom stereocenters. The quantitative estimate of drug-likeness (QED) is 0.663. The number of anilines is 1. The van der Waals surface area contributed by atoms with Gasteiger partial charge in [-0.1, -0.05) is 23.7 Å². The molecule has 2 bridgehead atoms. The summed E-state index contributed by atoms with van der Waals surface area (Å²) in [6.45, 7) is 0.813. The number of nitrogens with zero attached hydrogens (tertiary/aromatic N) is 4. The Kier molecular flexibility index (Phi) is 3.59. The molecule has 3 fully saturated rings. The van der Waals surface area contributed by atoms with Gasteiger partial charge in [0.05, 0.1) is 39.5 Å². The van der Waals surface area contributed by atoms with Gasteiger partial charge < -0.3 is 4.90 Å². The van der Waals surface area contributed by atoms with E-state index in [1.807, 2.05) is 60.4 Å². The highest BCUT2D eigenvalue weighted by molar-refractivity contribution is 6.33. The van der Waals surface area contributed by atoms with Crippen LogP contribution in [0.15, 0.2) is 48.7 Å². The van der Waals surface area contributed by atoms with Crippen molar-refractivity contribution in [3.63, 3.8) is 0 Å². The van der Waals surface area contributed by atoms with Gasteiger partial charge in [-0.25, -0.2) is 0 Å². The Hall–Kier alpha value is -2.84. The van der Waals surface area contributed by atoms with E-state index in [-0.39, 0.29) is 16.7 Å². The van der Waals surface area contributed by atoms with Crippen LogP contribution in [0.25, 0.3) is 10.9 Å². The minimum Gasteiger partial charge on any atom is -0.314 e. The molecule has 6 rings (SSSR count). The number of aromatic nitrogens is 2. The smallest absolute Gasteiger partial charge is 0.233 e. The molecule has 1 heterocycles. The number of carbonyl (C=O) groups is 1. The van der Waals surface area contributed by atoms with E-state index < -0.39 is 0 Å². The molecule has 3 aromatic rings. The van der Waals surface area contributed by atoms with E-state index >= 15 is 0 Å². The second kappa shape index (κ2) is 5.83. The Morgan fingerprint density at radius 2 is 2.04 bits per heavy atom. The van der Waals surface area contributed by atoms with E-state index in [1.165, 1.54) is 0 Å². The molecule has 3 aliphatic rings. The van der Waals surface area contributed by atoms with Crippen LogP contribution in [0.1, 0.15) is 24.8 Å². The summed E-state index contributed by atoms with van der Waals surface area (Å²) in [5, 5.41) is 15.1. The summed E-state index contributed by atoms with van der Waals surface area (Å²) in [6.07, 6.45) is 4.50. The number of benzene rings is 2. The fourth-order valence-electron chi connectivity index (χ4n) is 5.18. The minimum absolute atomic E-state index is 0.157. The number of para-hydroxylation sites is 1. The summed E-state index contributed by atoms with van der Waals surface area (Å²) >= 11 is 6.26. The zero-order valence-corrected chi connectivity index (χ0v) is 16.3. The number of hydrogen-bond acceptors (Lipinski definition) is 3. The fourth-order valence-corrected chi connectivity index (χ4v) is 5.44. The Balaban J connectivity index is 1.31. The Labute approximate surface area is 168 Å². The van der Waals surface area contributed by atoms with E-state index in [0.717, 1.165) is 42.4 Å². The van der Waals surface area contributed by atoms with Gasteiger partial charge in [-0.15, -0.1) is 0 Å². The first-order valence-electron chi connectivity index (χ1n) is 9.34. The van der Waals surface area contributed by atoms with Crippen LogP contribution in [0.4, 0.5) is 5.69 Å². The fraction of sp³-hybridized carbons (Fsp3) is 0.318. The van der Waals surface area contributed by atoms with Crippen molar-refractivity contribution in [3.05, 3.63) is 59.2 Å². The number of amides is 1. The zero-order valence-electron chi connectivity index (χ0n) is 15.5. The number of nitriles is 1. The van der Waals surface area contributed by atoms with Gasteiger partial charge in [0.1, 0.15) is 0 Å². The summed E-state index contributed by atoms with van der Waals surface area (Å²) in [4.78, 5) is 14.8. The van der Waals surface area contributed by atoms with E-state index in [9.17, 15) is 4.79 Å². The van der Waals surface area contributed by atoms with Gasteiger partial charge in [-0.2, -0.15) is 10.4 Å². The molecule has 1 aromatic heterocycles. The lowest BCUT2D eigenvalue weighted by Gasteiger charge is -2.69. The van der Waals surface area contributed by atoms with Crippen LogP contribution in [0, 0.1) is 22.2 Å². The molecule has 1 amide bonds. The largest absolute Gasteiger partial charge is 0.314 e. The third-order valence-corrected chi connectivity index (χ3v) is 6.69. The maximum atomic E-state index is 13.1. The molecule has 28 heavy (non-hydrogen) atoms. The van der Waals surface area contributed by atoms with Crippen molar-refractivity contribution in [2.24, 2.45) is 10.8 Å². The first-order chi connectivity index (χ1) is 13.5. The number of halogens is 1. The summed E-state index contributed by atoms with van der Waals surface area (Å²) < 4.78 is 2.02. The lowest BCUT2D eigenvalue weighted by molar-refractivity contribution is -0.210. The molecule has 0 radical (unpaired) electrons. The van der Waals surface area contributed by atoms with E-state index in [1.54, 1.807) is 4.90 Å². The number of fused-ring (bicyclic) bond motifs is 1. The predicted molar refractivity (Wildman–Crippen MR) is 108 cm³/mol. The average Bonchev–Trinajstić information content (AvgIpc) is 3.04. The van der Waals surface area contributed by atoms with Crippen molar-refractivity contribution in [3.8, 4) is 6.07 Å². The zero-order chi connectivity index (χ0) is 19.5. The molecule has 5 nitrogen and oxygen atoms in total. The molecular weight excluding hydrogens is 372 g/mol. The maximum absolute atomic E-state index is 13.1. The van der Waals surface area contributed by atoms with Crippen molar-refractivity contribution in [1.29, 1.82) is 5.26 Å². The molecule has 2 aromatic carbocycles. The van der Waals surface area contributed by atoms with Gasteiger partial charge in [0.15, 0.2) is 0 Å². The minimum atomic E-state index is -0.245. The summed E-state index contributed by atoms with van der Waals surface area (Å²) in [7, 11) is 1.81. The van der Waals surface area contributed by atoms with Gasteiger partial charge in [0, 0.05) is 19.0 Å². The molecule has 140 valence electrons. The van der Waals surface area contributed by atoms with Gasteiger partial charge in [-0.05, 0) is 55.0 Å². The predicted octanol–water partition coefficient (Wildman–Crippen LogP) is 4.39. The molecule has 0 N–H and O–H groups in total. The van der Waals surface area contributed by atoms with Crippen molar-refractivity contribution >= 4 is 34.1 Å². The van der Waals surface area contributed by atoms with Crippen LogP contribution < -0.4 is 4.90 Å². The molecule has 0 saturated heterocycles. The van der Waals surface area contributed by atoms with Crippen molar-refractivity contribution in [2.45, 2.75) is 25.8 Å². The first kappa shape index (κ1) is 17.3. The first-order valence-corrected chi connectivity index (χ1v) is 9.72. The number of rotatable bonds is 4. The second-order valence-corrected chi connectivity index (χ2v) is 8.72. The van der Waals surface area contributed by atoms with Crippen LogP contribution in [0.2, 0.25) is 5.02 Å². The standard InChI is InChI=1S/C22H19ClN4O/c1-26(19-5-3-2-4-17(19)23)20(28)22-11-21(12-22,13-22)14-27-18-7-6-15(9-24)8-16(18)10-25-27/h2-8,10H,11-14H2,1H3. The van der Waals surface area contributed by atoms with Gasteiger partial charge in [0.2, 0.25) is 5.91 Å². The van der Waals surface area contributed by atoms with Crippen molar-refractivity contribution in [2.75, 3.05) is 11.9 Å². The number of carbonyl (C=O) groups excluding carboxylic acids is 1.